The maximum absolute atomic E-state index is 12.5. The van der Waals surface area contributed by atoms with Crippen molar-refractivity contribution < 1.29 is 18.3 Å². The molecule has 2 unspecified atom stereocenters. The van der Waals surface area contributed by atoms with Crippen LogP contribution in [0.25, 0.3) is 0 Å². The van der Waals surface area contributed by atoms with E-state index in [0.717, 1.165) is 18.2 Å². The normalized spacial score (nSPS) is 26.1. The van der Waals surface area contributed by atoms with Crippen molar-refractivity contribution in [2.75, 3.05) is 17.6 Å². The van der Waals surface area contributed by atoms with Crippen LogP contribution in [0.5, 0.6) is 0 Å². The molecular formula is C13H17F3N2OS. The van der Waals surface area contributed by atoms with Gasteiger partial charge in [-0.3, -0.25) is 0 Å². The van der Waals surface area contributed by atoms with Crippen LogP contribution in [0.1, 0.15) is 25.5 Å². The van der Waals surface area contributed by atoms with Crippen LogP contribution in [0, 0.1) is 0 Å². The van der Waals surface area contributed by atoms with Gasteiger partial charge in [-0.25, -0.2) is 4.98 Å². The summed E-state index contributed by atoms with van der Waals surface area (Å²) in [6, 6.07) is 3.71. The van der Waals surface area contributed by atoms with Crippen LogP contribution in [0.3, 0.4) is 0 Å². The van der Waals surface area contributed by atoms with Crippen molar-refractivity contribution in [2.24, 2.45) is 0 Å². The molecule has 20 heavy (non-hydrogen) atoms. The predicted molar refractivity (Wildman–Crippen MR) is 73.8 cm³/mol. The van der Waals surface area contributed by atoms with Crippen molar-refractivity contribution in [3.05, 3.63) is 23.9 Å². The lowest BCUT2D eigenvalue weighted by Gasteiger charge is -2.45. The van der Waals surface area contributed by atoms with Crippen molar-refractivity contribution in [3.8, 4) is 0 Å². The standard InChI is InChI=1S/C13H17F3N2OS/c1-2-20-10-6-7-12(10,19)8-17-11-5-3-4-9(18-11)13(14,15)16/h3-5,10,19H,2,6-8H2,1H3,(H,17,18). The second-order valence-corrected chi connectivity index (χ2v) is 6.33. The van der Waals surface area contributed by atoms with Crippen molar-refractivity contribution in [1.29, 1.82) is 0 Å². The number of alkyl halides is 3. The van der Waals surface area contributed by atoms with Gasteiger partial charge in [0.05, 0.1) is 5.60 Å². The Kier molecular flexibility index (Phi) is 4.49. The van der Waals surface area contributed by atoms with Crippen molar-refractivity contribution in [3.63, 3.8) is 0 Å². The summed E-state index contributed by atoms with van der Waals surface area (Å²) in [6.07, 6.45) is -2.85. The van der Waals surface area contributed by atoms with Gasteiger partial charge in [-0.15, -0.1) is 0 Å². The van der Waals surface area contributed by atoms with Crippen LogP contribution in [-0.2, 0) is 6.18 Å². The first-order valence-corrected chi connectivity index (χ1v) is 7.52. The van der Waals surface area contributed by atoms with E-state index in [1.807, 2.05) is 6.92 Å². The third-order valence-electron chi connectivity index (χ3n) is 3.42. The number of halogens is 3. The smallest absolute Gasteiger partial charge is 0.387 e. The Morgan fingerprint density at radius 3 is 2.80 bits per heavy atom. The van der Waals surface area contributed by atoms with Gasteiger partial charge in [0, 0.05) is 11.8 Å². The van der Waals surface area contributed by atoms with Gasteiger partial charge in [-0.05, 0) is 30.7 Å². The minimum absolute atomic E-state index is 0.139. The first-order chi connectivity index (χ1) is 9.35. The van der Waals surface area contributed by atoms with Gasteiger partial charge in [0.1, 0.15) is 11.5 Å². The van der Waals surface area contributed by atoms with Gasteiger partial charge in [-0.2, -0.15) is 24.9 Å². The fraction of sp³-hybridized carbons (Fsp3) is 0.615. The highest BCUT2D eigenvalue weighted by Gasteiger charge is 2.45. The lowest BCUT2D eigenvalue weighted by Crippen LogP contribution is -2.54. The number of nitrogens with one attached hydrogen (secondary N) is 1. The Morgan fingerprint density at radius 1 is 1.50 bits per heavy atom. The topological polar surface area (TPSA) is 45.1 Å². The molecule has 0 radical (unpaired) electrons. The molecule has 0 spiro atoms. The van der Waals surface area contributed by atoms with Crippen LogP contribution in [0.2, 0.25) is 0 Å². The highest BCUT2D eigenvalue weighted by atomic mass is 32.2. The van der Waals surface area contributed by atoms with E-state index in [2.05, 4.69) is 10.3 Å². The molecule has 0 saturated heterocycles. The molecule has 1 aliphatic carbocycles. The lowest BCUT2D eigenvalue weighted by molar-refractivity contribution is -0.141. The number of aromatic nitrogens is 1. The Morgan fingerprint density at radius 2 is 2.25 bits per heavy atom. The summed E-state index contributed by atoms with van der Waals surface area (Å²) in [5.74, 6) is 1.05. The lowest BCUT2D eigenvalue weighted by atomic mass is 9.79. The van der Waals surface area contributed by atoms with Gasteiger partial charge in [0.2, 0.25) is 0 Å². The molecule has 1 heterocycles. The molecule has 0 amide bonds. The number of aliphatic hydroxyl groups is 1. The third-order valence-corrected chi connectivity index (χ3v) is 4.83. The fourth-order valence-electron chi connectivity index (χ4n) is 2.17. The molecule has 112 valence electrons. The average molecular weight is 306 g/mol. The first-order valence-electron chi connectivity index (χ1n) is 6.47. The first kappa shape index (κ1) is 15.4. The summed E-state index contributed by atoms with van der Waals surface area (Å²) in [5, 5.41) is 13.3. The monoisotopic (exact) mass is 306 g/mol. The summed E-state index contributed by atoms with van der Waals surface area (Å²) in [5.41, 5.74) is -1.78. The van der Waals surface area contributed by atoms with E-state index < -0.39 is 17.5 Å². The maximum Gasteiger partial charge on any atom is 0.433 e. The van der Waals surface area contributed by atoms with Gasteiger partial charge in [-0.1, -0.05) is 13.0 Å². The summed E-state index contributed by atoms with van der Waals surface area (Å²) in [7, 11) is 0. The van der Waals surface area contributed by atoms with E-state index in [-0.39, 0.29) is 17.6 Å². The maximum atomic E-state index is 12.5. The van der Waals surface area contributed by atoms with Crippen LogP contribution in [0.15, 0.2) is 18.2 Å². The number of anilines is 1. The number of pyridine rings is 1. The Hall–Kier alpha value is -0.950. The third kappa shape index (κ3) is 3.38. The number of hydrogen-bond donors (Lipinski definition) is 2. The average Bonchev–Trinajstić information content (AvgIpc) is 2.40. The molecule has 1 aliphatic rings. The minimum atomic E-state index is -4.45. The van der Waals surface area contributed by atoms with Crippen LogP contribution in [0.4, 0.5) is 19.0 Å². The van der Waals surface area contributed by atoms with Crippen molar-refractivity contribution in [2.45, 2.75) is 36.8 Å². The van der Waals surface area contributed by atoms with E-state index in [0.29, 0.717) is 6.42 Å². The Balaban J connectivity index is 1.98. The molecule has 2 atom stereocenters. The molecule has 1 aromatic rings. The van der Waals surface area contributed by atoms with Gasteiger partial charge in [0.15, 0.2) is 0 Å². The van der Waals surface area contributed by atoms with E-state index in [1.54, 1.807) is 11.8 Å². The molecule has 3 nitrogen and oxygen atoms in total. The second-order valence-electron chi connectivity index (χ2n) is 4.85. The number of rotatable bonds is 5. The largest absolute Gasteiger partial charge is 0.433 e. The molecule has 2 N–H and O–H groups in total. The summed E-state index contributed by atoms with van der Waals surface area (Å²) in [4.78, 5) is 3.52. The zero-order valence-electron chi connectivity index (χ0n) is 11.1. The molecule has 1 aromatic heterocycles. The predicted octanol–water partition coefficient (Wildman–Crippen LogP) is 3.16. The molecule has 1 fully saturated rings. The van der Waals surface area contributed by atoms with Crippen molar-refractivity contribution in [1.82, 2.24) is 4.98 Å². The van der Waals surface area contributed by atoms with E-state index in [4.69, 9.17) is 0 Å². The van der Waals surface area contributed by atoms with Gasteiger partial charge >= 0.3 is 6.18 Å². The summed E-state index contributed by atoms with van der Waals surface area (Å²) < 4.78 is 37.6. The minimum Gasteiger partial charge on any atom is -0.387 e. The molecular weight excluding hydrogens is 289 g/mol. The van der Waals surface area contributed by atoms with Crippen molar-refractivity contribution >= 4 is 17.6 Å². The molecule has 2 rings (SSSR count). The molecule has 7 heteroatoms. The summed E-state index contributed by atoms with van der Waals surface area (Å²) in [6.45, 7) is 2.24. The second kappa shape index (κ2) is 5.81. The number of nitrogens with zero attached hydrogens (tertiary/aromatic N) is 1. The zero-order chi connectivity index (χ0) is 14.8. The van der Waals surface area contributed by atoms with E-state index >= 15 is 0 Å². The van der Waals surface area contributed by atoms with Crippen LogP contribution in [-0.4, -0.2) is 33.2 Å². The number of hydrogen-bond acceptors (Lipinski definition) is 4. The molecule has 0 aliphatic heterocycles. The van der Waals surface area contributed by atoms with Crippen LogP contribution >= 0.6 is 11.8 Å². The quantitative estimate of drug-likeness (QED) is 0.877. The SMILES string of the molecule is CCSC1CCC1(O)CNc1cccc(C(F)(F)F)n1. The van der Waals surface area contributed by atoms with Gasteiger partial charge < -0.3 is 10.4 Å². The highest BCUT2D eigenvalue weighted by Crippen LogP contribution is 2.41. The van der Waals surface area contributed by atoms with E-state index in [1.165, 1.54) is 12.1 Å². The molecule has 1 saturated carbocycles. The van der Waals surface area contributed by atoms with E-state index in [9.17, 15) is 18.3 Å². The highest BCUT2D eigenvalue weighted by molar-refractivity contribution is 8.00. The Labute approximate surface area is 120 Å². The molecule has 0 bridgehead atoms. The fourth-order valence-corrected chi connectivity index (χ4v) is 3.37. The summed E-state index contributed by atoms with van der Waals surface area (Å²) >= 11 is 1.68. The van der Waals surface area contributed by atoms with Gasteiger partial charge in [0.25, 0.3) is 0 Å². The Bertz CT molecular complexity index is 469. The van der Waals surface area contributed by atoms with Crippen LogP contribution < -0.4 is 5.32 Å². The molecule has 0 aromatic carbocycles. The zero-order valence-corrected chi connectivity index (χ0v) is 11.9. The number of thioether (sulfide) groups is 1.